The number of ether oxygens (including phenoxy) is 1. The molecule has 0 heterocycles. The molecule has 1 atom stereocenters. The Hall–Kier alpha value is -2.29. The molecule has 0 aromatic heterocycles. The summed E-state index contributed by atoms with van der Waals surface area (Å²) in [7, 11) is 0. The van der Waals surface area contributed by atoms with Crippen molar-refractivity contribution in [3.63, 3.8) is 0 Å². The molecule has 3 heteroatoms. The highest BCUT2D eigenvalue weighted by molar-refractivity contribution is 5.94. The summed E-state index contributed by atoms with van der Waals surface area (Å²) in [6, 6.07) is 13.7. The monoisotopic (exact) mass is 325 g/mol. The van der Waals surface area contributed by atoms with E-state index < -0.39 is 0 Å². The molecule has 0 aliphatic carbocycles. The Labute approximate surface area is 145 Å². The van der Waals surface area contributed by atoms with Gasteiger partial charge in [-0.1, -0.05) is 32.0 Å². The maximum atomic E-state index is 12.5. The molecule has 0 saturated heterocycles. The third-order valence-electron chi connectivity index (χ3n) is 4.24. The first-order valence-corrected chi connectivity index (χ1v) is 8.66. The number of rotatable bonds is 7. The number of amides is 1. The average molecular weight is 325 g/mol. The van der Waals surface area contributed by atoms with E-state index in [2.05, 4.69) is 51.2 Å². The van der Waals surface area contributed by atoms with Crippen molar-refractivity contribution < 1.29 is 9.53 Å². The molecule has 0 fully saturated rings. The standard InChI is InChI=1S/C21H27NO2/c1-5-13-24-19-11-9-17(10-12-19)21(23)22-20(6-2)18-8-7-15(3)16(4)14-18/h7-12,14,20H,5-6,13H2,1-4H3,(H,22,23)/t20-/m0/s1. The second-order valence-electron chi connectivity index (χ2n) is 6.15. The van der Waals surface area contributed by atoms with Crippen LogP contribution in [0, 0.1) is 13.8 Å². The lowest BCUT2D eigenvalue weighted by atomic mass is 9.99. The average Bonchev–Trinajstić information content (AvgIpc) is 2.60. The smallest absolute Gasteiger partial charge is 0.251 e. The summed E-state index contributed by atoms with van der Waals surface area (Å²) < 4.78 is 5.55. The molecule has 0 aliphatic rings. The molecular formula is C21H27NO2. The highest BCUT2D eigenvalue weighted by Crippen LogP contribution is 2.21. The van der Waals surface area contributed by atoms with Crippen molar-refractivity contribution in [2.24, 2.45) is 0 Å². The molecule has 1 amide bonds. The fraction of sp³-hybridized carbons (Fsp3) is 0.381. The Balaban J connectivity index is 2.07. The van der Waals surface area contributed by atoms with Gasteiger partial charge in [0.1, 0.15) is 5.75 Å². The number of nitrogens with one attached hydrogen (secondary N) is 1. The van der Waals surface area contributed by atoms with Gasteiger partial charge in [-0.25, -0.2) is 0 Å². The summed E-state index contributed by atoms with van der Waals surface area (Å²) in [5.74, 6) is 0.747. The molecule has 0 radical (unpaired) electrons. The quantitative estimate of drug-likeness (QED) is 0.780. The summed E-state index contributed by atoms with van der Waals surface area (Å²) in [6.45, 7) is 9.04. The zero-order valence-corrected chi connectivity index (χ0v) is 15.1. The van der Waals surface area contributed by atoms with Crippen molar-refractivity contribution >= 4 is 5.91 Å². The first kappa shape index (κ1) is 18.1. The fourth-order valence-electron chi connectivity index (χ4n) is 2.57. The molecule has 0 unspecified atom stereocenters. The molecule has 24 heavy (non-hydrogen) atoms. The molecule has 2 aromatic carbocycles. The lowest BCUT2D eigenvalue weighted by Gasteiger charge is -2.19. The van der Waals surface area contributed by atoms with Crippen LogP contribution in [0.1, 0.15) is 59.8 Å². The molecule has 0 saturated carbocycles. The first-order valence-electron chi connectivity index (χ1n) is 8.66. The van der Waals surface area contributed by atoms with Crippen LogP contribution in [0.4, 0.5) is 0 Å². The third kappa shape index (κ3) is 4.60. The third-order valence-corrected chi connectivity index (χ3v) is 4.24. The second-order valence-corrected chi connectivity index (χ2v) is 6.15. The highest BCUT2D eigenvalue weighted by atomic mass is 16.5. The van der Waals surface area contributed by atoms with Crippen molar-refractivity contribution in [1.82, 2.24) is 5.32 Å². The maximum Gasteiger partial charge on any atom is 0.251 e. The van der Waals surface area contributed by atoms with Gasteiger partial charge in [-0.2, -0.15) is 0 Å². The Morgan fingerprint density at radius 1 is 1.04 bits per heavy atom. The SMILES string of the molecule is CCCOc1ccc(C(=O)N[C@@H](CC)c2ccc(C)c(C)c2)cc1. The molecule has 0 spiro atoms. The van der Waals surface area contributed by atoms with Crippen LogP contribution < -0.4 is 10.1 Å². The van der Waals surface area contributed by atoms with E-state index in [9.17, 15) is 4.79 Å². The van der Waals surface area contributed by atoms with Gasteiger partial charge < -0.3 is 10.1 Å². The van der Waals surface area contributed by atoms with Gasteiger partial charge in [-0.3, -0.25) is 4.79 Å². The number of hydrogen-bond acceptors (Lipinski definition) is 2. The number of aryl methyl sites for hydroxylation is 2. The van der Waals surface area contributed by atoms with Gasteiger partial charge in [0.05, 0.1) is 12.6 Å². The van der Waals surface area contributed by atoms with Gasteiger partial charge in [0.25, 0.3) is 5.91 Å². The molecule has 2 rings (SSSR count). The molecule has 3 nitrogen and oxygen atoms in total. The van der Waals surface area contributed by atoms with Gasteiger partial charge in [-0.05, 0) is 67.6 Å². The van der Waals surface area contributed by atoms with E-state index in [-0.39, 0.29) is 11.9 Å². The lowest BCUT2D eigenvalue weighted by Crippen LogP contribution is -2.28. The Kier molecular flexibility index (Phi) is 6.42. The van der Waals surface area contributed by atoms with Crippen LogP contribution in [-0.4, -0.2) is 12.5 Å². The van der Waals surface area contributed by atoms with Crippen LogP contribution in [0.15, 0.2) is 42.5 Å². The van der Waals surface area contributed by atoms with Crippen LogP contribution in [0.5, 0.6) is 5.75 Å². The Morgan fingerprint density at radius 3 is 2.33 bits per heavy atom. The molecular weight excluding hydrogens is 298 g/mol. The van der Waals surface area contributed by atoms with Crippen LogP contribution in [-0.2, 0) is 0 Å². The summed E-state index contributed by atoms with van der Waals surface area (Å²) >= 11 is 0. The summed E-state index contributed by atoms with van der Waals surface area (Å²) in [5.41, 5.74) is 4.32. The van der Waals surface area contributed by atoms with E-state index in [0.29, 0.717) is 12.2 Å². The first-order chi connectivity index (χ1) is 11.5. The van der Waals surface area contributed by atoms with Crippen molar-refractivity contribution in [2.45, 2.75) is 46.6 Å². The topological polar surface area (TPSA) is 38.3 Å². The van der Waals surface area contributed by atoms with Gasteiger partial charge in [0.15, 0.2) is 0 Å². The van der Waals surface area contributed by atoms with E-state index in [1.54, 1.807) is 0 Å². The maximum absolute atomic E-state index is 12.5. The van der Waals surface area contributed by atoms with Gasteiger partial charge in [0.2, 0.25) is 0 Å². The second kappa shape index (κ2) is 8.53. The van der Waals surface area contributed by atoms with Crippen molar-refractivity contribution in [2.75, 3.05) is 6.61 Å². The molecule has 0 bridgehead atoms. The Bertz CT molecular complexity index is 677. The highest BCUT2D eigenvalue weighted by Gasteiger charge is 2.14. The number of hydrogen-bond donors (Lipinski definition) is 1. The van der Waals surface area contributed by atoms with Crippen molar-refractivity contribution in [1.29, 1.82) is 0 Å². The van der Waals surface area contributed by atoms with Crippen LogP contribution >= 0.6 is 0 Å². The minimum atomic E-state index is -0.0536. The van der Waals surface area contributed by atoms with E-state index in [4.69, 9.17) is 4.74 Å². The van der Waals surface area contributed by atoms with Crippen LogP contribution in [0.3, 0.4) is 0 Å². The van der Waals surface area contributed by atoms with Crippen molar-refractivity contribution in [3.8, 4) is 5.75 Å². The molecule has 1 N–H and O–H groups in total. The zero-order valence-electron chi connectivity index (χ0n) is 15.1. The summed E-state index contributed by atoms with van der Waals surface area (Å²) in [5, 5.41) is 3.13. The largest absolute Gasteiger partial charge is 0.494 e. The predicted octanol–water partition coefficient (Wildman–Crippen LogP) is 4.97. The normalized spacial score (nSPS) is 11.8. The summed E-state index contributed by atoms with van der Waals surface area (Å²) in [4.78, 5) is 12.5. The lowest BCUT2D eigenvalue weighted by molar-refractivity contribution is 0.0935. The minimum absolute atomic E-state index is 0.0211. The molecule has 128 valence electrons. The fourth-order valence-corrected chi connectivity index (χ4v) is 2.57. The van der Waals surface area contributed by atoms with Crippen molar-refractivity contribution in [3.05, 3.63) is 64.7 Å². The van der Waals surface area contributed by atoms with E-state index in [0.717, 1.165) is 24.2 Å². The van der Waals surface area contributed by atoms with Gasteiger partial charge in [-0.15, -0.1) is 0 Å². The number of carbonyl (C=O) groups is 1. The van der Waals surface area contributed by atoms with Crippen LogP contribution in [0.25, 0.3) is 0 Å². The number of benzene rings is 2. The van der Waals surface area contributed by atoms with Crippen LogP contribution in [0.2, 0.25) is 0 Å². The predicted molar refractivity (Wildman–Crippen MR) is 98.6 cm³/mol. The zero-order chi connectivity index (χ0) is 17.5. The molecule has 2 aromatic rings. The Morgan fingerprint density at radius 2 is 1.75 bits per heavy atom. The van der Waals surface area contributed by atoms with E-state index in [1.807, 2.05) is 24.3 Å². The number of carbonyl (C=O) groups excluding carboxylic acids is 1. The summed E-state index contributed by atoms with van der Waals surface area (Å²) in [6.07, 6.45) is 1.82. The minimum Gasteiger partial charge on any atom is -0.494 e. The van der Waals surface area contributed by atoms with Gasteiger partial charge in [0, 0.05) is 5.56 Å². The molecule has 0 aliphatic heterocycles. The van der Waals surface area contributed by atoms with E-state index >= 15 is 0 Å². The van der Waals surface area contributed by atoms with E-state index in [1.165, 1.54) is 11.1 Å². The van der Waals surface area contributed by atoms with Gasteiger partial charge >= 0.3 is 0 Å².